The molecule has 0 aliphatic carbocycles. The number of hydrogen-bond donors (Lipinski definition) is 0. The zero-order valence-electron chi connectivity index (χ0n) is 19.1. The van der Waals surface area contributed by atoms with Gasteiger partial charge in [0.05, 0.1) is 30.3 Å². The highest BCUT2D eigenvalue weighted by atomic mass is 19.1. The van der Waals surface area contributed by atoms with Crippen LogP contribution < -0.4 is 9.47 Å². The number of para-hydroxylation sites is 2. The molecule has 0 fully saturated rings. The number of hydrogen-bond acceptors (Lipinski definition) is 5. The molecule has 0 radical (unpaired) electrons. The van der Waals surface area contributed by atoms with Crippen LogP contribution in [0.5, 0.6) is 11.5 Å². The van der Waals surface area contributed by atoms with Crippen molar-refractivity contribution in [3.05, 3.63) is 90.0 Å². The van der Waals surface area contributed by atoms with E-state index in [0.29, 0.717) is 30.3 Å². The van der Waals surface area contributed by atoms with Crippen molar-refractivity contribution in [2.24, 2.45) is 0 Å². The number of rotatable bonds is 11. The van der Waals surface area contributed by atoms with Crippen LogP contribution >= 0.6 is 0 Å². The summed E-state index contributed by atoms with van der Waals surface area (Å²) in [5.74, 6) is 1.54. The number of methoxy groups -OCH3 is 1. The van der Waals surface area contributed by atoms with Gasteiger partial charge in [0, 0.05) is 6.54 Å². The molecule has 0 aliphatic heterocycles. The molecule has 4 aromatic rings. The van der Waals surface area contributed by atoms with E-state index in [9.17, 15) is 9.18 Å². The number of imidazole rings is 1. The first-order valence-corrected chi connectivity index (χ1v) is 11.3. The highest BCUT2D eigenvalue weighted by Gasteiger charge is 2.12. The number of ether oxygens (including phenoxy) is 3. The van der Waals surface area contributed by atoms with Crippen LogP contribution in [0.1, 0.15) is 35.4 Å². The molecule has 1 heterocycles. The molecule has 3 aromatic carbocycles. The summed E-state index contributed by atoms with van der Waals surface area (Å²) in [7, 11) is 1.36. The maximum absolute atomic E-state index is 13.0. The summed E-state index contributed by atoms with van der Waals surface area (Å²) in [6, 6.07) is 21.0. The Balaban J connectivity index is 1.32. The van der Waals surface area contributed by atoms with Gasteiger partial charge in [-0.1, -0.05) is 12.1 Å². The molecule has 0 saturated heterocycles. The number of carbonyl (C=O) groups is 1. The largest absolute Gasteiger partial charge is 0.494 e. The lowest BCUT2D eigenvalue weighted by atomic mass is 10.2. The second-order valence-corrected chi connectivity index (χ2v) is 7.84. The van der Waals surface area contributed by atoms with Crippen LogP contribution in [0.15, 0.2) is 72.8 Å². The summed E-state index contributed by atoms with van der Waals surface area (Å²) in [4.78, 5) is 16.4. The number of unbranched alkanes of at least 4 members (excludes halogenated alkanes) is 2. The molecule has 4 rings (SSSR count). The predicted octanol–water partition coefficient (Wildman–Crippen LogP) is 5.79. The SMILES string of the molecule is COC(=O)c1ccc(OCc2nc3ccccc3n2CCCCCOc2ccc(F)cc2)cc1. The molecule has 34 heavy (non-hydrogen) atoms. The number of carbonyl (C=O) groups excluding carboxylic acids is 1. The van der Waals surface area contributed by atoms with E-state index in [2.05, 4.69) is 10.6 Å². The van der Waals surface area contributed by atoms with Crippen molar-refractivity contribution >= 4 is 17.0 Å². The van der Waals surface area contributed by atoms with E-state index in [1.165, 1.54) is 19.2 Å². The van der Waals surface area contributed by atoms with Crippen molar-refractivity contribution in [3.63, 3.8) is 0 Å². The molecule has 0 N–H and O–H groups in total. The van der Waals surface area contributed by atoms with Crippen molar-refractivity contribution in [2.45, 2.75) is 32.4 Å². The van der Waals surface area contributed by atoms with Crippen LogP contribution in [-0.4, -0.2) is 29.2 Å². The summed E-state index contributed by atoms with van der Waals surface area (Å²) >= 11 is 0. The van der Waals surface area contributed by atoms with E-state index in [4.69, 9.17) is 19.2 Å². The number of benzene rings is 3. The average Bonchev–Trinajstić information content (AvgIpc) is 3.23. The normalized spacial score (nSPS) is 10.9. The molecule has 0 unspecified atom stereocenters. The number of halogens is 1. The van der Waals surface area contributed by atoms with Crippen LogP contribution in [0.25, 0.3) is 11.0 Å². The fraction of sp³-hybridized carbons (Fsp3) is 0.259. The first kappa shape index (κ1) is 23.3. The number of esters is 1. The van der Waals surface area contributed by atoms with Crippen molar-refractivity contribution in [1.82, 2.24) is 9.55 Å². The van der Waals surface area contributed by atoms with Crippen LogP contribution in [0.3, 0.4) is 0 Å². The standard InChI is InChI=1S/C27H27FN2O4/c1-32-27(31)20-9-13-23(14-10-20)34-19-26-29-24-7-3-4-8-25(24)30(26)17-5-2-6-18-33-22-15-11-21(28)12-16-22/h3-4,7-16H,2,5-6,17-19H2,1H3. The maximum Gasteiger partial charge on any atom is 0.337 e. The fourth-order valence-corrected chi connectivity index (χ4v) is 3.71. The Labute approximate surface area is 197 Å². The van der Waals surface area contributed by atoms with E-state index >= 15 is 0 Å². The Morgan fingerprint density at radius 1 is 0.882 bits per heavy atom. The lowest BCUT2D eigenvalue weighted by Gasteiger charge is -2.11. The summed E-state index contributed by atoms with van der Waals surface area (Å²) in [5, 5.41) is 0. The smallest absolute Gasteiger partial charge is 0.337 e. The van der Waals surface area contributed by atoms with E-state index < -0.39 is 0 Å². The molecule has 0 spiro atoms. The van der Waals surface area contributed by atoms with Crippen molar-refractivity contribution in [3.8, 4) is 11.5 Å². The van der Waals surface area contributed by atoms with Gasteiger partial charge < -0.3 is 18.8 Å². The van der Waals surface area contributed by atoms with Crippen LogP contribution in [0.2, 0.25) is 0 Å². The van der Waals surface area contributed by atoms with Gasteiger partial charge in [-0.05, 0) is 79.9 Å². The molecule has 0 amide bonds. The van der Waals surface area contributed by atoms with Gasteiger partial charge >= 0.3 is 5.97 Å². The number of aryl methyl sites for hydroxylation is 1. The highest BCUT2D eigenvalue weighted by molar-refractivity contribution is 5.89. The second-order valence-electron chi connectivity index (χ2n) is 7.84. The third kappa shape index (κ3) is 5.92. The number of fused-ring (bicyclic) bond motifs is 1. The molecule has 6 nitrogen and oxygen atoms in total. The summed E-state index contributed by atoms with van der Waals surface area (Å²) < 4.78 is 31.5. The minimum atomic E-state index is -0.378. The third-order valence-electron chi connectivity index (χ3n) is 5.49. The quantitative estimate of drug-likeness (QED) is 0.209. The average molecular weight is 463 g/mol. The second kappa shape index (κ2) is 11.3. The molecular weight excluding hydrogens is 435 g/mol. The maximum atomic E-state index is 13.0. The van der Waals surface area contributed by atoms with Gasteiger partial charge in [-0.3, -0.25) is 0 Å². The third-order valence-corrected chi connectivity index (χ3v) is 5.49. The van der Waals surface area contributed by atoms with Gasteiger partial charge in [-0.15, -0.1) is 0 Å². The molecule has 0 saturated carbocycles. The number of nitrogens with zero attached hydrogens (tertiary/aromatic N) is 2. The Bertz CT molecular complexity index is 1220. The van der Waals surface area contributed by atoms with E-state index in [1.807, 2.05) is 18.2 Å². The number of aromatic nitrogens is 2. The summed E-state index contributed by atoms with van der Waals surface area (Å²) in [6.07, 6.45) is 2.86. The van der Waals surface area contributed by atoms with Gasteiger partial charge in [0.2, 0.25) is 0 Å². The van der Waals surface area contributed by atoms with Gasteiger partial charge in [0.25, 0.3) is 0 Å². The molecule has 0 bridgehead atoms. The van der Waals surface area contributed by atoms with E-state index in [1.54, 1.807) is 36.4 Å². The predicted molar refractivity (Wildman–Crippen MR) is 128 cm³/mol. The molecule has 176 valence electrons. The van der Waals surface area contributed by atoms with Crippen LogP contribution in [-0.2, 0) is 17.9 Å². The van der Waals surface area contributed by atoms with Crippen LogP contribution in [0, 0.1) is 5.82 Å². The van der Waals surface area contributed by atoms with E-state index in [0.717, 1.165) is 42.7 Å². The highest BCUT2D eigenvalue weighted by Crippen LogP contribution is 2.20. The fourth-order valence-electron chi connectivity index (χ4n) is 3.71. The Kier molecular flexibility index (Phi) is 7.75. The van der Waals surface area contributed by atoms with Gasteiger partial charge in [0.1, 0.15) is 29.7 Å². The van der Waals surface area contributed by atoms with Crippen molar-refractivity contribution in [2.75, 3.05) is 13.7 Å². The lowest BCUT2D eigenvalue weighted by molar-refractivity contribution is 0.0600. The van der Waals surface area contributed by atoms with Gasteiger partial charge in [0.15, 0.2) is 0 Å². The molecule has 7 heteroatoms. The minimum absolute atomic E-state index is 0.266. The monoisotopic (exact) mass is 462 g/mol. The molecule has 0 atom stereocenters. The van der Waals surface area contributed by atoms with Gasteiger partial charge in [-0.25, -0.2) is 14.2 Å². The zero-order chi connectivity index (χ0) is 23.8. The minimum Gasteiger partial charge on any atom is -0.494 e. The van der Waals surface area contributed by atoms with Gasteiger partial charge in [-0.2, -0.15) is 0 Å². The van der Waals surface area contributed by atoms with Crippen LogP contribution in [0.4, 0.5) is 4.39 Å². The Hall–Kier alpha value is -3.87. The first-order valence-electron chi connectivity index (χ1n) is 11.3. The summed E-state index contributed by atoms with van der Waals surface area (Å²) in [5.41, 5.74) is 2.48. The zero-order valence-corrected chi connectivity index (χ0v) is 19.1. The first-order chi connectivity index (χ1) is 16.6. The van der Waals surface area contributed by atoms with E-state index in [-0.39, 0.29) is 11.8 Å². The Morgan fingerprint density at radius 2 is 1.59 bits per heavy atom. The molecule has 1 aromatic heterocycles. The molecular formula is C27H27FN2O4. The summed E-state index contributed by atoms with van der Waals surface area (Å²) in [6.45, 7) is 1.73. The topological polar surface area (TPSA) is 62.6 Å². The molecule has 0 aliphatic rings. The lowest BCUT2D eigenvalue weighted by Crippen LogP contribution is -2.08. The van der Waals surface area contributed by atoms with Crippen molar-refractivity contribution < 1.29 is 23.4 Å². The Morgan fingerprint density at radius 3 is 2.35 bits per heavy atom. The van der Waals surface area contributed by atoms with Crippen molar-refractivity contribution in [1.29, 1.82) is 0 Å².